The lowest BCUT2D eigenvalue weighted by molar-refractivity contribution is -0.123. The zero-order chi connectivity index (χ0) is 29.1. The van der Waals surface area contributed by atoms with E-state index in [4.69, 9.17) is 10.8 Å². The first kappa shape index (κ1) is 28.8. The zero-order valence-electron chi connectivity index (χ0n) is 22.9. The number of aliphatic imine (C=N–C) groups is 1. The minimum Gasteiger partial charge on any atom is -0.369 e. The van der Waals surface area contributed by atoms with Gasteiger partial charge in [0, 0.05) is 49.4 Å². The number of rotatable bonds is 8. The number of sulfonamides is 1. The van der Waals surface area contributed by atoms with Gasteiger partial charge in [0.05, 0.1) is 15.5 Å². The lowest BCUT2D eigenvalue weighted by Gasteiger charge is -2.31. The van der Waals surface area contributed by atoms with Crippen molar-refractivity contribution in [3.05, 3.63) is 71.3 Å². The van der Waals surface area contributed by atoms with Gasteiger partial charge in [0.15, 0.2) is 5.17 Å². The van der Waals surface area contributed by atoms with Crippen molar-refractivity contribution in [2.24, 2.45) is 16.6 Å². The number of piperidine rings is 1. The Balaban J connectivity index is 1.50. The maximum atomic E-state index is 13.3. The van der Waals surface area contributed by atoms with E-state index >= 15 is 0 Å². The molecule has 41 heavy (non-hydrogen) atoms. The number of amidine groups is 1. The first-order valence-corrected chi connectivity index (χ1v) is 15.8. The maximum Gasteiger partial charge on any atom is 0.286 e. The Bertz CT molecular complexity index is 1620. The van der Waals surface area contributed by atoms with Crippen LogP contribution in [0.3, 0.4) is 0 Å². The predicted molar refractivity (Wildman–Crippen MR) is 161 cm³/mol. The van der Waals surface area contributed by atoms with Crippen LogP contribution in [0, 0.1) is 5.92 Å². The van der Waals surface area contributed by atoms with Gasteiger partial charge in [-0.15, -0.1) is 0 Å². The quantitative estimate of drug-likeness (QED) is 0.394. The number of nitrogens with zero attached hydrogens (tertiary/aromatic N) is 5. The van der Waals surface area contributed by atoms with Gasteiger partial charge >= 0.3 is 0 Å². The number of amides is 2. The Kier molecular flexibility index (Phi) is 8.43. The van der Waals surface area contributed by atoms with Crippen LogP contribution in [-0.4, -0.2) is 70.6 Å². The van der Waals surface area contributed by atoms with Gasteiger partial charge in [0.2, 0.25) is 15.9 Å². The zero-order valence-corrected chi connectivity index (χ0v) is 24.6. The highest BCUT2D eigenvalue weighted by Gasteiger charge is 2.31. The summed E-state index contributed by atoms with van der Waals surface area (Å²) in [7, 11) is -3.68. The first-order chi connectivity index (χ1) is 19.7. The number of likely N-dealkylation sites (tertiary alicyclic amines) is 1. The van der Waals surface area contributed by atoms with E-state index in [-0.39, 0.29) is 22.6 Å². The highest BCUT2D eigenvalue weighted by molar-refractivity contribution is 8.18. The molecule has 0 saturated carbocycles. The fraction of sp³-hybridized carbons (Fsp3) is 0.310. The molecule has 1 aromatic heterocycles. The molecule has 0 spiro atoms. The summed E-state index contributed by atoms with van der Waals surface area (Å²) in [5.41, 5.74) is 8.11. The molecule has 2 aliphatic rings. The Hall–Kier alpha value is -3.74. The van der Waals surface area contributed by atoms with Crippen LogP contribution in [0.25, 0.3) is 23.0 Å². The number of para-hydroxylation sites is 1. The van der Waals surface area contributed by atoms with Crippen molar-refractivity contribution in [2.75, 3.05) is 26.2 Å². The molecule has 2 aliphatic heterocycles. The Morgan fingerprint density at radius 2 is 1.80 bits per heavy atom. The predicted octanol–water partition coefficient (Wildman–Crippen LogP) is 3.74. The Morgan fingerprint density at radius 1 is 1.10 bits per heavy atom. The summed E-state index contributed by atoms with van der Waals surface area (Å²) >= 11 is 1.29. The molecule has 0 unspecified atom stereocenters. The maximum absolute atomic E-state index is 13.3. The van der Waals surface area contributed by atoms with Crippen LogP contribution < -0.4 is 5.73 Å². The van der Waals surface area contributed by atoms with Gasteiger partial charge in [-0.1, -0.05) is 44.2 Å². The molecule has 0 radical (unpaired) electrons. The van der Waals surface area contributed by atoms with Crippen molar-refractivity contribution in [2.45, 2.75) is 31.6 Å². The molecule has 1 fully saturated rings. The van der Waals surface area contributed by atoms with E-state index in [1.54, 1.807) is 29.0 Å². The van der Waals surface area contributed by atoms with Crippen LogP contribution in [0.2, 0.25) is 0 Å². The van der Waals surface area contributed by atoms with Crippen molar-refractivity contribution < 1.29 is 18.0 Å². The molecule has 2 N–H and O–H groups in total. The fourth-order valence-electron chi connectivity index (χ4n) is 4.98. The number of primary amides is 1. The number of nitrogens with two attached hydrogens (primary N) is 1. The van der Waals surface area contributed by atoms with E-state index in [9.17, 15) is 18.0 Å². The van der Waals surface area contributed by atoms with Crippen LogP contribution in [0.1, 0.15) is 32.3 Å². The Labute approximate surface area is 244 Å². The van der Waals surface area contributed by atoms with E-state index < -0.39 is 10.0 Å². The summed E-state index contributed by atoms with van der Waals surface area (Å²) in [5, 5.41) is 5.42. The smallest absolute Gasteiger partial charge is 0.286 e. The molecular formula is C29H32N6O4S2. The molecule has 5 rings (SSSR count). The number of benzene rings is 2. The van der Waals surface area contributed by atoms with Crippen molar-refractivity contribution in [3.63, 3.8) is 0 Å². The summed E-state index contributed by atoms with van der Waals surface area (Å²) in [6.07, 6.45) is 4.84. The van der Waals surface area contributed by atoms with Crippen molar-refractivity contribution in [1.82, 2.24) is 19.0 Å². The third-order valence-corrected chi connectivity index (χ3v) is 10.4. The second kappa shape index (κ2) is 12.0. The molecule has 10 nitrogen and oxygen atoms in total. The van der Waals surface area contributed by atoms with Gasteiger partial charge in [-0.05, 0) is 54.9 Å². The topological polar surface area (TPSA) is 131 Å². The number of carbonyl (C=O) groups is 2. The van der Waals surface area contributed by atoms with Gasteiger partial charge < -0.3 is 10.6 Å². The van der Waals surface area contributed by atoms with Gasteiger partial charge in [-0.2, -0.15) is 14.4 Å². The van der Waals surface area contributed by atoms with E-state index in [1.807, 2.05) is 61.3 Å². The van der Waals surface area contributed by atoms with Crippen molar-refractivity contribution in [3.8, 4) is 16.9 Å². The second-order valence-corrected chi connectivity index (χ2v) is 12.8. The highest BCUT2D eigenvalue weighted by atomic mass is 32.2. The van der Waals surface area contributed by atoms with Crippen molar-refractivity contribution in [1.29, 1.82) is 0 Å². The van der Waals surface area contributed by atoms with Crippen LogP contribution in [0.5, 0.6) is 0 Å². The normalized spacial score (nSPS) is 17.4. The fourth-order valence-corrected chi connectivity index (χ4v) is 7.44. The lowest BCUT2D eigenvalue weighted by Crippen LogP contribution is -2.40. The molecule has 12 heteroatoms. The van der Waals surface area contributed by atoms with E-state index in [0.29, 0.717) is 65.9 Å². The molecule has 2 aromatic carbocycles. The van der Waals surface area contributed by atoms with Gasteiger partial charge in [0.25, 0.3) is 5.91 Å². The number of hydrogen-bond acceptors (Lipinski definition) is 7. The van der Waals surface area contributed by atoms with Crippen LogP contribution in [-0.2, 0) is 19.6 Å². The minimum atomic E-state index is -3.68. The summed E-state index contributed by atoms with van der Waals surface area (Å²) in [5.74, 6) is -0.797. The van der Waals surface area contributed by atoms with Gasteiger partial charge in [0.1, 0.15) is 5.69 Å². The molecule has 0 aliphatic carbocycles. The molecule has 0 bridgehead atoms. The number of aromatic nitrogens is 2. The molecule has 214 valence electrons. The molecule has 3 aromatic rings. The standard InChI is InChI=1S/C29H32N6O4S2/c1-3-34(4-2)41(38,39)24-12-8-9-21(17-24)26-22(19-35(32-26)23-10-6-5-7-11-23)18-25-28(37)31-29(40-25)33-15-13-20(14-16-33)27(30)36/h5-12,17-20H,3-4,13-16H2,1-2H3,(H2,30,36). The highest BCUT2D eigenvalue weighted by Crippen LogP contribution is 2.35. The number of thioether (sulfide) groups is 1. The Morgan fingerprint density at radius 3 is 2.46 bits per heavy atom. The van der Waals surface area contributed by atoms with Crippen LogP contribution in [0.15, 0.2) is 75.6 Å². The average Bonchev–Trinajstić information content (AvgIpc) is 3.58. The first-order valence-electron chi connectivity index (χ1n) is 13.5. The summed E-state index contributed by atoms with van der Waals surface area (Å²) in [6.45, 7) is 5.55. The van der Waals surface area contributed by atoms with E-state index in [2.05, 4.69) is 4.99 Å². The van der Waals surface area contributed by atoms with Crippen LogP contribution >= 0.6 is 11.8 Å². The summed E-state index contributed by atoms with van der Waals surface area (Å²) in [4.78, 5) is 31.4. The monoisotopic (exact) mass is 592 g/mol. The third kappa shape index (κ3) is 5.99. The average molecular weight is 593 g/mol. The summed E-state index contributed by atoms with van der Waals surface area (Å²) < 4.78 is 29.6. The molecular weight excluding hydrogens is 560 g/mol. The molecule has 2 amide bonds. The largest absolute Gasteiger partial charge is 0.369 e. The third-order valence-electron chi connectivity index (χ3n) is 7.28. The van der Waals surface area contributed by atoms with Crippen LogP contribution in [0.4, 0.5) is 0 Å². The summed E-state index contributed by atoms with van der Waals surface area (Å²) in [6, 6.07) is 16.3. The molecule has 1 saturated heterocycles. The molecule has 0 atom stereocenters. The second-order valence-electron chi connectivity index (χ2n) is 9.80. The van der Waals surface area contributed by atoms with Crippen molar-refractivity contribution >= 4 is 44.8 Å². The SMILES string of the molecule is CCN(CC)S(=O)(=O)c1cccc(-c2nn(-c3ccccc3)cc2C=C2SC(N3CCC(C(N)=O)CC3)=NC2=O)c1. The lowest BCUT2D eigenvalue weighted by atomic mass is 9.97. The molecule has 3 heterocycles. The van der Waals surface area contributed by atoms with Gasteiger partial charge in [-0.25, -0.2) is 13.1 Å². The van der Waals surface area contributed by atoms with E-state index in [1.165, 1.54) is 16.1 Å². The van der Waals surface area contributed by atoms with E-state index in [0.717, 1.165) is 5.69 Å². The van der Waals surface area contributed by atoms with Gasteiger partial charge in [-0.3, -0.25) is 9.59 Å². The minimum absolute atomic E-state index is 0.156. The number of hydrogen-bond donors (Lipinski definition) is 1. The number of carbonyl (C=O) groups excluding carboxylic acids is 2.